The monoisotopic (exact) mass is 423 g/mol. The average Bonchev–Trinajstić information content (AvgIpc) is 2.96. The minimum absolute atomic E-state index is 0.147. The normalized spacial score (nSPS) is 11.2. The molecule has 1 aromatic carbocycles. The summed E-state index contributed by atoms with van der Waals surface area (Å²) in [5, 5.41) is 5.99. The second-order valence-corrected chi connectivity index (χ2v) is 6.70. The molecule has 2 aromatic rings. The topological polar surface area (TPSA) is 72.7 Å². The first kappa shape index (κ1) is 19.1. The Morgan fingerprint density at radius 3 is 2.76 bits per heavy atom. The van der Waals surface area contributed by atoms with Gasteiger partial charge < -0.3 is 9.30 Å². The molecular weight excluding hydrogens is 406 g/mol. The first-order chi connectivity index (χ1) is 12.0. The van der Waals surface area contributed by atoms with Gasteiger partial charge in [0.25, 0.3) is 5.91 Å². The van der Waals surface area contributed by atoms with Gasteiger partial charge >= 0.3 is 5.97 Å². The van der Waals surface area contributed by atoms with Gasteiger partial charge in [-0.2, -0.15) is 0 Å². The van der Waals surface area contributed by atoms with Crippen molar-refractivity contribution in [1.29, 1.82) is 0 Å². The molecule has 1 amide bonds. The lowest BCUT2D eigenvalue weighted by Crippen LogP contribution is -2.25. The van der Waals surface area contributed by atoms with E-state index in [0.29, 0.717) is 23.5 Å². The van der Waals surface area contributed by atoms with Crippen LogP contribution in [-0.4, -0.2) is 23.1 Å². The van der Waals surface area contributed by atoms with Gasteiger partial charge in [0.05, 0.1) is 13.0 Å². The molecule has 2 rings (SSSR count). The van der Waals surface area contributed by atoms with Crippen LogP contribution in [0.5, 0.6) is 0 Å². The van der Waals surface area contributed by atoms with Crippen molar-refractivity contribution in [1.82, 2.24) is 9.99 Å². The molecule has 6 nitrogen and oxygen atoms in total. The molecule has 0 atom stereocenters. The van der Waals surface area contributed by atoms with E-state index in [1.165, 1.54) is 11.3 Å². The van der Waals surface area contributed by atoms with E-state index in [1.807, 2.05) is 9.95 Å². The van der Waals surface area contributed by atoms with Crippen molar-refractivity contribution in [3.05, 3.63) is 62.8 Å². The molecule has 1 heterocycles. The maximum atomic E-state index is 12.1. The van der Waals surface area contributed by atoms with Crippen molar-refractivity contribution >= 4 is 39.1 Å². The molecular formula is C17H18BrN3O3S. The van der Waals surface area contributed by atoms with Gasteiger partial charge in [0.2, 0.25) is 4.80 Å². The molecule has 0 saturated heterocycles. The summed E-state index contributed by atoms with van der Waals surface area (Å²) in [6.07, 6.45) is 1.85. The first-order valence-corrected chi connectivity index (χ1v) is 9.25. The molecule has 1 aromatic heterocycles. The van der Waals surface area contributed by atoms with E-state index in [9.17, 15) is 9.59 Å². The summed E-state index contributed by atoms with van der Waals surface area (Å²) in [6.45, 7) is 6.30. The number of hydrogen-bond acceptors (Lipinski definition) is 5. The Kier molecular flexibility index (Phi) is 7.15. The number of hydrogen-bond donors (Lipinski definition) is 1. The molecule has 132 valence electrons. The van der Waals surface area contributed by atoms with Crippen LogP contribution in [-0.2, 0) is 22.5 Å². The number of ether oxygens (including phenoxy) is 1. The van der Waals surface area contributed by atoms with Crippen molar-refractivity contribution in [2.24, 2.45) is 5.10 Å². The number of carbonyl (C=O) groups excluding carboxylic acids is 2. The molecule has 0 fully saturated rings. The fourth-order valence-electron chi connectivity index (χ4n) is 2.04. The maximum absolute atomic E-state index is 12.1. The third-order valence-electron chi connectivity index (χ3n) is 3.18. The van der Waals surface area contributed by atoms with Gasteiger partial charge in [0, 0.05) is 27.7 Å². The largest absolute Gasteiger partial charge is 0.466 e. The number of amides is 1. The minimum atomic E-state index is -0.307. The molecule has 0 unspecified atom stereocenters. The van der Waals surface area contributed by atoms with E-state index < -0.39 is 0 Å². The van der Waals surface area contributed by atoms with Crippen LogP contribution in [0.1, 0.15) is 23.0 Å². The van der Waals surface area contributed by atoms with Crippen molar-refractivity contribution in [2.75, 3.05) is 6.61 Å². The number of carbonyl (C=O) groups is 2. The Morgan fingerprint density at radius 1 is 1.40 bits per heavy atom. The molecule has 0 aliphatic rings. The third kappa shape index (κ3) is 5.40. The van der Waals surface area contributed by atoms with Gasteiger partial charge in [-0.05, 0) is 31.2 Å². The summed E-state index contributed by atoms with van der Waals surface area (Å²) in [7, 11) is 0. The summed E-state index contributed by atoms with van der Waals surface area (Å²) in [5.74, 6) is -0.610. The number of nitrogens with one attached hydrogen (secondary N) is 1. The highest BCUT2D eigenvalue weighted by molar-refractivity contribution is 9.10. The third-order valence-corrected chi connectivity index (χ3v) is 4.62. The van der Waals surface area contributed by atoms with Crippen LogP contribution >= 0.6 is 27.3 Å². The summed E-state index contributed by atoms with van der Waals surface area (Å²) in [6, 6.07) is 6.98. The first-order valence-electron chi connectivity index (χ1n) is 7.58. The summed E-state index contributed by atoms with van der Waals surface area (Å²) in [5.41, 5.74) is 3.80. The van der Waals surface area contributed by atoms with Crippen molar-refractivity contribution < 1.29 is 14.3 Å². The number of nitrogens with zero attached hydrogens (tertiary/aromatic N) is 2. The van der Waals surface area contributed by atoms with Gasteiger partial charge in [0.1, 0.15) is 0 Å². The molecule has 8 heteroatoms. The minimum Gasteiger partial charge on any atom is -0.466 e. The SMILES string of the molecule is C=CCn1c(CC(=O)OCC)cs/c1=N/NC(=O)c1ccc(Br)cc1. The Labute approximate surface area is 158 Å². The molecule has 0 saturated carbocycles. The fourth-order valence-corrected chi connectivity index (χ4v) is 3.18. The van der Waals surface area contributed by atoms with Gasteiger partial charge in [0.15, 0.2) is 0 Å². The van der Waals surface area contributed by atoms with Crippen LogP contribution < -0.4 is 10.2 Å². The highest BCUT2D eigenvalue weighted by atomic mass is 79.9. The zero-order chi connectivity index (χ0) is 18.2. The zero-order valence-electron chi connectivity index (χ0n) is 13.7. The van der Waals surface area contributed by atoms with E-state index in [1.54, 1.807) is 37.3 Å². The van der Waals surface area contributed by atoms with E-state index in [0.717, 1.165) is 10.2 Å². The number of benzene rings is 1. The van der Waals surface area contributed by atoms with Gasteiger partial charge in [-0.3, -0.25) is 9.59 Å². The molecule has 1 N–H and O–H groups in total. The molecule has 0 aliphatic carbocycles. The van der Waals surface area contributed by atoms with Crippen LogP contribution in [0.3, 0.4) is 0 Å². The zero-order valence-corrected chi connectivity index (χ0v) is 16.1. The van der Waals surface area contributed by atoms with E-state index >= 15 is 0 Å². The second kappa shape index (κ2) is 9.33. The highest BCUT2D eigenvalue weighted by Gasteiger charge is 2.11. The fraction of sp³-hybridized carbons (Fsp3) is 0.235. The molecule has 0 radical (unpaired) electrons. The quantitative estimate of drug-likeness (QED) is 0.422. The smallest absolute Gasteiger partial charge is 0.311 e. The highest BCUT2D eigenvalue weighted by Crippen LogP contribution is 2.10. The Balaban J connectivity index is 2.19. The lowest BCUT2D eigenvalue weighted by atomic mass is 10.2. The van der Waals surface area contributed by atoms with Crippen LogP contribution in [0.15, 0.2) is 51.9 Å². The van der Waals surface area contributed by atoms with Crippen molar-refractivity contribution in [3.63, 3.8) is 0 Å². The standard InChI is InChI=1S/C17H18BrN3O3S/c1-3-9-21-14(10-15(22)24-4-2)11-25-17(21)20-19-16(23)12-5-7-13(18)8-6-12/h3,5-8,11H,1,4,9-10H2,2H3,(H,19,23)/b20-17+. The van der Waals surface area contributed by atoms with Crippen molar-refractivity contribution in [2.45, 2.75) is 19.9 Å². The van der Waals surface area contributed by atoms with Crippen LogP contribution in [0, 0.1) is 0 Å². The Hall–Kier alpha value is -2.19. The van der Waals surface area contributed by atoms with E-state index in [2.05, 4.69) is 33.0 Å². The van der Waals surface area contributed by atoms with Gasteiger partial charge in [-0.15, -0.1) is 23.0 Å². The number of allylic oxidation sites excluding steroid dienone is 1. The number of thiazole rings is 1. The average molecular weight is 424 g/mol. The second-order valence-electron chi connectivity index (χ2n) is 4.95. The number of rotatable bonds is 7. The van der Waals surface area contributed by atoms with Crippen LogP contribution in [0.25, 0.3) is 0 Å². The van der Waals surface area contributed by atoms with Crippen LogP contribution in [0.4, 0.5) is 0 Å². The van der Waals surface area contributed by atoms with E-state index in [4.69, 9.17) is 4.74 Å². The Morgan fingerprint density at radius 2 is 2.12 bits per heavy atom. The molecule has 0 spiro atoms. The van der Waals surface area contributed by atoms with E-state index in [-0.39, 0.29) is 18.3 Å². The lowest BCUT2D eigenvalue weighted by molar-refractivity contribution is -0.142. The van der Waals surface area contributed by atoms with Gasteiger partial charge in [-0.1, -0.05) is 22.0 Å². The molecule has 0 bridgehead atoms. The maximum Gasteiger partial charge on any atom is 0.311 e. The van der Waals surface area contributed by atoms with Crippen LogP contribution in [0.2, 0.25) is 0 Å². The lowest BCUT2D eigenvalue weighted by Gasteiger charge is -2.06. The summed E-state index contributed by atoms with van der Waals surface area (Å²) >= 11 is 4.66. The van der Waals surface area contributed by atoms with Crippen molar-refractivity contribution in [3.8, 4) is 0 Å². The van der Waals surface area contributed by atoms with Gasteiger partial charge in [-0.25, -0.2) is 5.43 Å². The number of halogens is 1. The summed E-state index contributed by atoms with van der Waals surface area (Å²) < 4.78 is 7.69. The molecule has 25 heavy (non-hydrogen) atoms. The molecule has 0 aliphatic heterocycles. The predicted octanol–water partition coefficient (Wildman–Crippen LogP) is 2.85. The predicted molar refractivity (Wildman–Crippen MR) is 100 cm³/mol. The summed E-state index contributed by atoms with van der Waals surface area (Å²) in [4.78, 5) is 24.4. The Bertz CT molecular complexity index is 824. The number of aromatic nitrogens is 1. The number of esters is 1.